The van der Waals surface area contributed by atoms with Gasteiger partial charge in [0.1, 0.15) is 0 Å². The molecule has 1 aliphatic rings. The van der Waals surface area contributed by atoms with E-state index in [1.165, 1.54) is 17.3 Å². The van der Waals surface area contributed by atoms with Gasteiger partial charge in [-0.1, -0.05) is 29.5 Å². The number of carbonyl (C=O) groups excluding carboxylic acids is 1. The van der Waals surface area contributed by atoms with E-state index in [0.29, 0.717) is 13.0 Å². The molecule has 0 N–H and O–H groups in total. The first-order chi connectivity index (χ1) is 13.2. The number of hydrogen-bond donors (Lipinski definition) is 0. The zero-order valence-corrected chi connectivity index (χ0v) is 18.4. The smallest absolute Gasteiger partial charge is 0.236 e. The number of hydrogen-bond acceptors (Lipinski definition) is 5. The van der Waals surface area contributed by atoms with Crippen molar-refractivity contribution in [2.24, 2.45) is 0 Å². The van der Waals surface area contributed by atoms with Gasteiger partial charge in [-0.2, -0.15) is 0 Å². The molecular weight excluding hydrogens is 394 g/mol. The van der Waals surface area contributed by atoms with Crippen LogP contribution in [-0.4, -0.2) is 58.1 Å². The Morgan fingerprint density at radius 3 is 2.75 bits per heavy atom. The maximum Gasteiger partial charge on any atom is 0.236 e. The van der Waals surface area contributed by atoms with Gasteiger partial charge in [0.15, 0.2) is 15.0 Å². The second kappa shape index (κ2) is 8.29. The monoisotopic (exact) mass is 421 g/mol. The van der Waals surface area contributed by atoms with Crippen LogP contribution in [0.4, 0.5) is 0 Å². The third-order valence-electron chi connectivity index (χ3n) is 5.12. The molecule has 28 heavy (non-hydrogen) atoms. The van der Waals surface area contributed by atoms with E-state index < -0.39 is 9.84 Å². The molecule has 6 nitrogen and oxygen atoms in total. The van der Waals surface area contributed by atoms with E-state index in [4.69, 9.17) is 0 Å². The van der Waals surface area contributed by atoms with Crippen LogP contribution in [0.25, 0.3) is 5.69 Å². The Kier molecular flexibility index (Phi) is 6.19. The van der Waals surface area contributed by atoms with Gasteiger partial charge < -0.3 is 4.90 Å². The summed E-state index contributed by atoms with van der Waals surface area (Å²) in [6, 6.07) is 6.03. The van der Waals surface area contributed by atoms with Crippen LogP contribution in [0.3, 0.4) is 0 Å². The maximum atomic E-state index is 13.0. The van der Waals surface area contributed by atoms with Crippen LogP contribution in [0.5, 0.6) is 0 Å². The fraction of sp³-hybridized carbons (Fsp3) is 0.500. The number of nitrogens with zero attached hydrogens (tertiary/aromatic N) is 3. The Labute approximate surface area is 171 Å². The molecule has 1 aromatic carbocycles. The van der Waals surface area contributed by atoms with Crippen LogP contribution >= 0.6 is 11.8 Å². The third kappa shape index (κ3) is 4.43. The standard InChI is InChI=1S/C20H27N3O3S2/c1-5-22(17-8-11-28(25,26)13-17)19(24)16(4)27-20-21-9-10-23(20)18-7-6-14(2)12-15(18)3/h6-7,9-10,12,16-17H,5,8,11,13H2,1-4H3. The van der Waals surface area contributed by atoms with Crippen molar-refractivity contribution in [3.05, 3.63) is 41.7 Å². The van der Waals surface area contributed by atoms with Crippen molar-refractivity contribution in [1.82, 2.24) is 14.5 Å². The van der Waals surface area contributed by atoms with Crippen molar-refractivity contribution < 1.29 is 13.2 Å². The molecule has 2 heterocycles. The number of sulfone groups is 1. The van der Waals surface area contributed by atoms with E-state index >= 15 is 0 Å². The minimum absolute atomic E-state index is 0.0372. The van der Waals surface area contributed by atoms with Crippen LogP contribution in [0.2, 0.25) is 0 Å². The summed E-state index contributed by atoms with van der Waals surface area (Å²) < 4.78 is 25.6. The molecule has 1 amide bonds. The summed E-state index contributed by atoms with van der Waals surface area (Å²) in [5, 5.41) is 0.401. The normalized spacial score (nSPS) is 19.5. The largest absolute Gasteiger partial charge is 0.338 e. The number of rotatable bonds is 6. The molecule has 1 saturated heterocycles. The van der Waals surface area contributed by atoms with Crippen molar-refractivity contribution in [2.75, 3.05) is 18.1 Å². The molecule has 0 saturated carbocycles. The number of imidazole rings is 1. The highest BCUT2D eigenvalue weighted by Crippen LogP contribution is 2.28. The molecule has 2 atom stereocenters. The fourth-order valence-electron chi connectivity index (χ4n) is 3.69. The van der Waals surface area contributed by atoms with Gasteiger partial charge in [-0.25, -0.2) is 13.4 Å². The van der Waals surface area contributed by atoms with Crippen molar-refractivity contribution in [1.29, 1.82) is 0 Å². The van der Waals surface area contributed by atoms with Gasteiger partial charge >= 0.3 is 0 Å². The van der Waals surface area contributed by atoms with E-state index in [0.717, 1.165) is 16.4 Å². The summed E-state index contributed by atoms with van der Waals surface area (Å²) >= 11 is 1.41. The van der Waals surface area contributed by atoms with Crippen molar-refractivity contribution >= 4 is 27.5 Å². The molecule has 0 radical (unpaired) electrons. The van der Waals surface area contributed by atoms with Crippen LogP contribution in [0.15, 0.2) is 35.7 Å². The first kappa shape index (κ1) is 20.9. The van der Waals surface area contributed by atoms with Gasteiger partial charge in [0.25, 0.3) is 0 Å². The highest BCUT2D eigenvalue weighted by Gasteiger charge is 2.35. The number of benzene rings is 1. The maximum absolute atomic E-state index is 13.0. The first-order valence-electron chi connectivity index (χ1n) is 9.50. The first-order valence-corrected chi connectivity index (χ1v) is 12.2. The van der Waals surface area contributed by atoms with E-state index in [9.17, 15) is 13.2 Å². The topological polar surface area (TPSA) is 72.3 Å². The number of carbonyl (C=O) groups is 1. The molecule has 8 heteroatoms. The zero-order valence-electron chi connectivity index (χ0n) is 16.8. The van der Waals surface area contributed by atoms with Gasteiger partial charge in [-0.05, 0) is 45.7 Å². The van der Waals surface area contributed by atoms with Gasteiger partial charge in [0.2, 0.25) is 5.91 Å². The van der Waals surface area contributed by atoms with E-state index in [1.807, 2.05) is 24.6 Å². The van der Waals surface area contributed by atoms with E-state index in [1.54, 1.807) is 11.1 Å². The van der Waals surface area contributed by atoms with Crippen LogP contribution < -0.4 is 0 Å². The SMILES string of the molecule is CCN(C(=O)C(C)Sc1nccn1-c1ccc(C)cc1C)C1CCS(=O)(=O)C1. The third-order valence-corrected chi connectivity index (χ3v) is 7.94. The Hall–Kier alpha value is -1.80. The number of amides is 1. The van der Waals surface area contributed by atoms with Gasteiger partial charge in [-0.3, -0.25) is 9.36 Å². The van der Waals surface area contributed by atoms with Crippen LogP contribution in [-0.2, 0) is 14.6 Å². The highest BCUT2D eigenvalue weighted by atomic mass is 32.2. The molecule has 2 unspecified atom stereocenters. The Morgan fingerprint density at radius 2 is 2.14 bits per heavy atom. The molecule has 0 bridgehead atoms. The van der Waals surface area contributed by atoms with Crippen molar-refractivity contribution in [3.8, 4) is 5.69 Å². The minimum Gasteiger partial charge on any atom is -0.338 e. The summed E-state index contributed by atoms with van der Waals surface area (Å²) in [4.78, 5) is 19.2. The van der Waals surface area contributed by atoms with Crippen molar-refractivity contribution in [3.63, 3.8) is 0 Å². The molecule has 0 aliphatic carbocycles. The van der Waals surface area contributed by atoms with E-state index in [-0.39, 0.29) is 28.7 Å². The Morgan fingerprint density at radius 1 is 1.39 bits per heavy atom. The molecule has 0 spiro atoms. The lowest BCUT2D eigenvalue weighted by Crippen LogP contribution is -2.44. The van der Waals surface area contributed by atoms with E-state index in [2.05, 4.69) is 37.0 Å². The number of aromatic nitrogens is 2. The molecule has 1 aliphatic heterocycles. The molecule has 1 fully saturated rings. The summed E-state index contributed by atoms with van der Waals surface area (Å²) in [6.45, 7) is 8.39. The molecule has 3 rings (SSSR count). The lowest BCUT2D eigenvalue weighted by atomic mass is 10.1. The molecule has 1 aromatic heterocycles. The molecular formula is C20H27N3O3S2. The van der Waals surface area contributed by atoms with Crippen LogP contribution in [0, 0.1) is 13.8 Å². The van der Waals surface area contributed by atoms with Gasteiger partial charge in [-0.15, -0.1) is 0 Å². The average molecular weight is 422 g/mol. The highest BCUT2D eigenvalue weighted by molar-refractivity contribution is 8.00. The second-order valence-electron chi connectivity index (χ2n) is 7.31. The summed E-state index contributed by atoms with van der Waals surface area (Å²) in [7, 11) is -3.03. The van der Waals surface area contributed by atoms with Crippen molar-refractivity contribution in [2.45, 2.75) is 50.6 Å². The van der Waals surface area contributed by atoms with Gasteiger partial charge in [0.05, 0.1) is 22.4 Å². The number of aryl methyl sites for hydroxylation is 2. The molecule has 152 valence electrons. The average Bonchev–Trinajstić information content (AvgIpc) is 3.22. The minimum atomic E-state index is -3.03. The Balaban J connectivity index is 1.77. The summed E-state index contributed by atoms with van der Waals surface area (Å²) in [5.74, 6) is 0.200. The summed E-state index contributed by atoms with van der Waals surface area (Å²) in [6.07, 6.45) is 4.16. The number of thioether (sulfide) groups is 1. The lowest BCUT2D eigenvalue weighted by molar-refractivity contribution is -0.131. The lowest BCUT2D eigenvalue weighted by Gasteiger charge is -2.29. The second-order valence-corrected chi connectivity index (χ2v) is 10.8. The van der Waals surface area contributed by atoms with Gasteiger partial charge in [0, 0.05) is 25.0 Å². The molecule has 2 aromatic rings. The summed E-state index contributed by atoms with van der Waals surface area (Å²) in [5.41, 5.74) is 3.38. The predicted molar refractivity (Wildman–Crippen MR) is 113 cm³/mol. The quantitative estimate of drug-likeness (QED) is 0.671. The predicted octanol–water partition coefficient (Wildman–Crippen LogP) is 3.01. The Bertz CT molecular complexity index is 969. The zero-order chi connectivity index (χ0) is 20.5. The fourth-order valence-corrected chi connectivity index (χ4v) is 6.37. The van der Waals surface area contributed by atoms with Crippen LogP contribution in [0.1, 0.15) is 31.4 Å².